The third-order valence-electron chi connectivity index (χ3n) is 5.50. The molecule has 0 saturated carbocycles. The van der Waals surface area contributed by atoms with E-state index in [9.17, 15) is 9.59 Å². The van der Waals surface area contributed by atoms with Crippen molar-refractivity contribution in [2.24, 2.45) is 0 Å². The van der Waals surface area contributed by atoms with Gasteiger partial charge in [-0.25, -0.2) is 4.90 Å². The maximum atomic E-state index is 13.0. The third-order valence-corrected chi connectivity index (χ3v) is 5.50. The number of hydrogen-bond acceptors (Lipinski definition) is 4. The number of carbonyl (C=O) groups excluding carboxylic acids is 2. The zero-order chi connectivity index (χ0) is 18.8. The molecule has 0 spiro atoms. The lowest BCUT2D eigenvalue weighted by atomic mass is 10.1. The van der Waals surface area contributed by atoms with Crippen LogP contribution in [-0.2, 0) is 9.59 Å². The summed E-state index contributed by atoms with van der Waals surface area (Å²) in [5.74, 6) is 0.499. The van der Waals surface area contributed by atoms with Gasteiger partial charge in [-0.1, -0.05) is 18.2 Å². The van der Waals surface area contributed by atoms with Crippen LogP contribution in [0.15, 0.2) is 54.6 Å². The summed E-state index contributed by atoms with van der Waals surface area (Å²) >= 11 is 0. The van der Waals surface area contributed by atoms with E-state index in [1.54, 1.807) is 31.4 Å². The topological polar surface area (TPSA) is 54.3 Å². The summed E-state index contributed by atoms with van der Waals surface area (Å²) < 4.78 is 5.15. The third kappa shape index (κ3) is 3.40. The molecule has 0 bridgehead atoms. The molecule has 2 fully saturated rings. The van der Waals surface area contributed by atoms with E-state index < -0.39 is 0 Å². The number of imide groups is 1. The Kier molecular flexibility index (Phi) is 4.81. The van der Waals surface area contributed by atoms with Gasteiger partial charge in [0.05, 0.1) is 45.4 Å². The van der Waals surface area contributed by atoms with Gasteiger partial charge in [0, 0.05) is 5.69 Å². The minimum Gasteiger partial charge on any atom is -0.497 e. The van der Waals surface area contributed by atoms with Crippen LogP contribution in [0.25, 0.3) is 0 Å². The lowest BCUT2D eigenvalue weighted by molar-refractivity contribution is -0.915. The second-order valence-electron chi connectivity index (χ2n) is 7.00. The summed E-state index contributed by atoms with van der Waals surface area (Å²) in [5, 5.41) is 0. The van der Waals surface area contributed by atoms with E-state index in [4.69, 9.17) is 4.74 Å². The summed E-state index contributed by atoms with van der Waals surface area (Å²) in [7, 11) is 1.59. The van der Waals surface area contributed by atoms with E-state index in [2.05, 4.69) is 17.0 Å². The quantitative estimate of drug-likeness (QED) is 0.811. The molecule has 2 aromatic carbocycles. The Labute approximate surface area is 158 Å². The number of anilines is 2. The lowest BCUT2D eigenvalue weighted by Gasteiger charge is -2.35. The second-order valence-corrected chi connectivity index (χ2v) is 7.00. The van der Waals surface area contributed by atoms with Crippen LogP contribution < -0.4 is 19.4 Å². The predicted octanol–water partition coefficient (Wildman–Crippen LogP) is 0.732. The van der Waals surface area contributed by atoms with E-state index in [1.165, 1.54) is 15.5 Å². The van der Waals surface area contributed by atoms with Gasteiger partial charge in [0.15, 0.2) is 6.04 Å². The first-order chi connectivity index (χ1) is 13.2. The lowest BCUT2D eigenvalue weighted by Crippen LogP contribution is -3.19. The van der Waals surface area contributed by atoms with Crippen LogP contribution in [0.3, 0.4) is 0 Å². The molecule has 1 atom stereocenters. The van der Waals surface area contributed by atoms with Crippen molar-refractivity contribution in [2.45, 2.75) is 12.5 Å². The van der Waals surface area contributed by atoms with Gasteiger partial charge >= 0.3 is 0 Å². The van der Waals surface area contributed by atoms with Crippen LogP contribution in [0.2, 0.25) is 0 Å². The number of nitrogens with zero attached hydrogens (tertiary/aromatic N) is 2. The van der Waals surface area contributed by atoms with Crippen molar-refractivity contribution in [3.63, 3.8) is 0 Å². The Balaban J connectivity index is 1.43. The van der Waals surface area contributed by atoms with Gasteiger partial charge in [0.2, 0.25) is 5.91 Å². The summed E-state index contributed by atoms with van der Waals surface area (Å²) in [6.45, 7) is 3.49. The molecule has 1 N–H and O–H groups in total. The maximum absolute atomic E-state index is 13.0. The number of methoxy groups -OCH3 is 1. The van der Waals surface area contributed by atoms with E-state index in [-0.39, 0.29) is 24.3 Å². The van der Waals surface area contributed by atoms with Crippen molar-refractivity contribution in [3.05, 3.63) is 54.6 Å². The monoisotopic (exact) mass is 366 g/mol. The Morgan fingerprint density at radius 3 is 2.22 bits per heavy atom. The average Bonchev–Trinajstić information content (AvgIpc) is 3.03. The highest BCUT2D eigenvalue weighted by molar-refractivity contribution is 6.21. The maximum Gasteiger partial charge on any atom is 0.292 e. The SMILES string of the molecule is COc1ccc(N2C(=O)C[C@@H]([NH+]3CCN(c4ccccc4)CC3)C2=O)cc1. The van der Waals surface area contributed by atoms with Crippen molar-refractivity contribution in [1.82, 2.24) is 0 Å². The Bertz CT molecular complexity index is 814. The van der Waals surface area contributed by atoms with Crippen LogP contribution in [0.1, 0.15) is 6.42 Å². The number of quaternary nitrogens is 1. The average molecular weight is 366 g/mol. The standard InChI is InChI=1S/C21H23N3O3/c1-27-18-9-7-17(8-10-18)24-20(25)15-19(21(24)26)23-13-11-22(12-14-23)16-5-3-2-4-6-16/h2-10,19H,11-15H2,1H3/p+1/t19-/m1/s1. The Hall–Kier alpha value is -2.86. The molecule has 2 heterocycles. The number of nitrogens with one attached hydrogen (secondary N) is 1. The van der Waals surface area contributed by atoms with Crippen molar-refractivity contribution in [1.29, 1.82) is 0 Å². The zero-order valence-electron chi connectivity index (χ0n) is 15.4. The molecule has 2 aliphatic rings. The van der Waals surface area contributed by atoms with Gasteiger partial charge in [-0.05, 0) is 36.4 Å². The summed E-state index contributed by atoms with van der Waals surface area (Å²) in [5.41, 5.74) is 1.83. The number of carbonyl (C=O) groups is 2. The first-order valence-electron chi connectivity index (χ1n) is 9.33. The minimum atomic E-state index is -0.280. The smallest absolute Gasteiger partial charge is 0.292 e. The highest BCUT2D eigenvalue weighted by Crippen LogP contribution is 2.24. The van der Waals surface area contributed by atoms with Gasteiger partial charge in [0.1, 0.15) is 5.75 Å². The number of hydrogen-bond donors (Lipinski definition) is 1. The molecule has 0 radical (unpaired) electrons. The molecular formula is C21H24N3O3+. The van der Waals surface area contributed by atoms with E-state index in [1.807, 2.05) is 18.2 Å². The molecule has 0 aliphatic carbocycles. The molecule has 4 rings (SSSR count). The highest BCUT2D eigenvalue weighted by atomic mass is 16.5. The van der Waals surface area contributed by atoms with Crippen molar-refractivity contribution >= 4 is 23.2 Å². The van der Waals surface area contributed by atoms with Crippen LogP contribution in [0.4, 0.5) is 11.4 Å². The molecule has 2 saturated heterocycles. The van der Waals surface area contributed by atoms with Crippen LogP contribution in [0, 0.1) is 0 Å². The van der Waals surface area contributed by atoms with Gasteiger partial charge < -0.3 is 14.5 Å². The number of para-hydroxylation sites is 1. The minimum absolute atomic E-state index is 0.0895. The normalized spacial score (nSPS) is 21.0. The highest BCUT2D eigenvalue weighted by Gasteiger charge is 2.46. The predicted molar refractivity (Wildman–Crippen MR) is 103 cm³/mol. The van der Waals surface area contributed by atoms with Crippen LogP contribution in [-0.4, -0.2) is 51.1 Å². The van der Waals surface area contributed by atoms with Crippen LogP contribution >= 0.6 is 0 Å². The number of rotatable bonds is 4. The second kappa shape index (κ2) is 7.40. The molecule has 6 nitrogen and oxygen atoms in total. The van der Waals surface area contributed by atoms with E-state index >= 15 is 0 Å². The fraction of sp³-hybridized carbons (Fsp3) is 0.333. The molecule has 0 unspecified atom stereocenters. The fourth-order valence-corrected chi connectivity index (χ4v) is 3.99. The van der Waals surface area contributed by atoms with E-state index in [0.717, 1.165) is 26.2 Å². The Morgan fingerprint density at radius 2 is 1.59 bits per heavy atom. The van der Waals surface area contributed by atoms with Crippen LogP contribution in [0.5, 0.6) is 5.75 Å². The first kappa shape index (κ1) is 17.5. The summed E-state index contributed by atoms with van der Waals surface area (Å²) in [6, 6.07) is 17.1. The molecule has 2 amide bonds. The fourth-order valence-electron chi connectivity index (χ4n) is 3.99. The molecule has 140 valence electrons. The van der Waals surface area contributed by atoms with Crippen molar-refractivity contribution in [2.75, 3.05) is 43.1 Å². The van der Waals surface area contributed by atoms with E-state index in [0.29, 0.717) is 11.4 Å². The first-order valence-corrected chi connectivity index (χ1v) is 9.33. The number of amides is 2. The van der Waals surface area contributed by atoms with Crippen molar-refractivity contribution < 1.29 is 19.2 Å². The number of piperazine rings is 1. The molecule has 27 heavy (non-hydrogen) atoms. The molecular weight excluding hydrogens is 342 g/mol. The zero-order valence-corrected chi connectivity index (χ0v) is 15.4. The molecule has 2 aromatic rings. The number of benzene rings is 2. The Morgan fingerprint density at radius 1 is 0.926 bits per heavy atom. The molecule has 0 aromatic heterocycles. The summed E-state index contributed by atoms with van der Waals surface area (Å²) in [6.07, 6.45) is 0.283. The molecule has 2 aliphatic heterocycles. The van der Waals surface area contributed by atoms with Gasteiger partial charge in [-0.3, -0.25) is 9.59 Å². The summed E-state index contributed by atoms with van der Waals surface area (Å²) in [4.78, 5) is 30.4. The number of ether oxygens (including phenoxy) is 1. The molecule has 6 heteroatoms. The van der Waals surface area contributed by atoms with Gasteiger partial charge in [-0.2, -0.15) is 0 Å². The van der Waals surface area contributed by atoms with Gasteiger partial charge in [-0.15, -0.1) is 0 Å². The van der Waals surface area contributed by atoms with Crippen molar-refractivity contribution in [3.8, 4) is 5.75 Å². The van der Waals surface area contributed by atoms with Gasteiger partial charge in [0.25, 0.3) is 5.91 Å². The largest absolute Gasteiger partial charge is 0.497 e.